The molecule has 2 amide bonds. The van der Waals surface area contributed by atoms with Gasteiger partial charge in [0.25, 0.3) is 0 Å². The highest BCUT2D eigenvalue weighted by atomic mass is 32.1. The quantitative estimate of drug-likeness (QED) is 0.737. The highest BCUT2D eigenvalue weighted by Gasteiger charge is 2.07. The smallest absolute Gasteiger partial charge is 0.319 e. The van der Waals surface area contributed by atoms with E-state index < -0.39 is 0 Å². The van der Waals surface area contributed by atoms with Gasteiger partial charge >= 0.3 is 6.03 Å². The molecule has 0 atom stereocenters. The van der Waals surface area contributed by atoms with Gasteiger partial charge in [0.2, 0.25) is 0 Å². The molecule has 2 N–H and O–H groups in total. The first-order valence-electron chi connectivity index (χ1n) is 6.94. The van der Waals surface area contributed by atoms with E-state index in [0.29, 0.717) is 6.54 Å². The summed E-state index contributed by atoms with van der Waals surface area (Å²) in [4.78, 5) is 11.9. The third kappa shape index (κ3) is 3.38. The highest BCUT2D eigenvalue weighted by molar-refractivity contribution is 7.08. The van der Waals surface area contributed by atoms with Gasteiger partial charge in [0, 0.05) is 16.6 Å². The number of hydrogen-bond donors (Lipinski definition) is 2. The third-order valence-corrected chi connectivity index (χ3v) is 3.97. The van der Waals surface area contributed by atoms with E-state index in [1.54, 1.807) is 11.3 Å². The van der Waals surface area contributed by atoms with E-state index in [9.17, 15) is 4.79 Å². The Morgan fingerprint density at radius 2 is 2.05 bits per heavy atom. The van der Waals surface area contributed by atoms with E-state index in [1.165, 1.54) is 0 Å². The zero-order valence-electron chi connectivity index (χ0n) is 12.1. The van der Waals surface area contributed by atoms with Crippen LogP contribution in [-0.2, 0) is 6.54 Å². The average molecular weight is 312 g/mol. The Labute approximate surface area is 132 Å². The standard InChI is InChI=1S/C17H16N2O2S/c1-12-4-2-3-5-15(12)19-17(20)18-10-14-6-7-16(21-14)13-8-9-22-11-13/h2-9,11H,10H2,1H3,(H2,18,19,20). The fraction of sp³-hybridized carbons (Fsp3) is 0.118. The van der Waals surface area contributed by atoms with Crippen LogP contribution < -0.4 is 10.6 Å². The van der Waals surface area contributed by atoms with Crippen molar-refractivity contribution in [3.63, 3.8) is 0 Å². The third-order valence-electron chi connectivity index (χ3n) is 3.28. The maximum atomic E-state index is 11.9. The molecule has 0 aliphatic rings. The molecule has 3 aromatic rings. The van der Waals surface area contributed by atoms with Gasteiger partial charge in [-0.2, -0.15) is 11.3 Å². The Morgan fingerprint density at radius 1 is 1.18 bits per heavy atom. The Kier molecular flexibility index (Phi) is 4.25. The zero-order valence-corrected chi connectivity index (χ0v) is 12.9. The number of nitrogens with one attached hydrogen (secondary N) is 2. The van der Waals surface area contributed by atoms with Crippen LogP contribution in [0.15, 0.2) is 57.6 Å². The van der Waals surface area contributed by atoms with Crippen LogP contribution in [0.25, 0.3) is 11.3 Å². The van der Waals surface area contributed by atoms with Crippen molar-refractivity contribution in [2.24, 2.45) is 0 Å². The molecule has 2 aromatic heterocycles. The summed E-state index contributed by atoms with van der Waals surface area (Å²) in [6.45, 7) is 2.30. The SMILES string of the molecule is Cc1ccccc1NC(=O)NCc1ccc(-c2ccsc2)o1. The lowest BCUT2D eigenvalue weighted by Gasteiger charge is -2.08. The molecule has 2 heterocycles. The van der Waals surface area contributed by atoms with Crippen molar-refractivity contribution < 1.29 is 9.21 Å². The normalized spacial score (nSPS) is 10.4. The summed E-state index contributed by atoms with van der Waals surface area (Å²) in [5.41, 5.74) is 2.88. The highest BCUT2D eigenvalue weighted by Crippen LogP contribution is 2.24. The van der Waals surface area contributed by atoms with Crippen LogP contribution in [0, 0.1) is 6.92 Å². The van der Waals surface area contributed by atoms with Crippen molar-refractivity contribution in [1.82, 2.24) is 5.32 Å². The fourth-order valence-corrected chi connectivity index (χ4v) is 2.72. The van der Waals surface area contributed by atoms with Crippen molar-refractivity contribution in [1.29, 1.82) is 0 Å². The molecule has 0 saturated carbocycles. The van der Waals surface area contributed by atoms with Gasteiger partial charge in [-0.3, -0.25) is 0 Å². The maximum absolute atomic E-state index is 11.9. The van der Waals surface area contributed by atoms with Gasteiger partial charge in [-0.05, 0) is 42.1 Å². The summed E-state index contributed by atoms with van der Waals surface area (Å²) in [6.07, 6.45) is 0. The maximum Gasteiger partial charge on any atom is 0.319 e. The summed E-state index contributed by atoms with van der Waals surface area (Å²) >= 11 is 1.62. The van der Waals surface area contributed by atoms with E-state index >= 15 is 0 Å². The van der Waals surface area contributed by atoms with E-state index in [-0.39, 0.29) is 6.03 Å². The zero-order chi connectivity index (χ0) is 15.4. The summed E-state index contributed by atoms with van der Waals surface area (Å²) in [6, 6.07) is 13.2. The first-order valence-corrected chi connectivity index (χ1v) is 7.88. The summed E-state index contributed by atoms with van der Waals surface area (Å²) < 4.78 is 5.72. The van der Waals surface area contributed by atoms with E-state index in [1.807, 2.05) is 60.1 Å². The van der Waals surface area contributed by atoms with Crippen LogP contribution in [0.2, 0.25) is 0 Å². The number of rotatable bonds is 4. The van der Waals surface area contributed by atoms with Gasteiger partial charge in [0.15, 0.2) is 0 Å². The summed E-state index contributed by atoms with van der Waals surface area (Å²) in [7, 11) is 0. The molecule has 5 heteroatoms. The molecule has 1 aromatic carbocycles. The van der Waals surface area contributed by atoms with Gasteiger partial charge in [-0.25, -0.2) is 4.79 Å². The predicted octanol–water partition coefficient (Wildman–Crippen LogP) is 4.64. The largest absolute Gasteiger partial charge is 0.459 e. The molecule has 0 unspecified atom stereocenters. The molecule has 22 heavy (non-hydrogen) atoms. The second kappa shape index (κ2) is 6.49. The molecular formula is C17H16N2O2S. The first-order chi connectivity index (χ1) is 10.7. The van der Waals surface area contributed by atoms with Gasteiger partial charge < -0.3 is 15.1 Å². The number of hydrogen-bond acceptors (Lipinski definition) is 3. The lowest BCUT2D eigenvalue weighted by molar-refractivity contribution is 0.251. The van der Waals surface area contributed by atoms with Crippen LogP contribution in [-0.4, -0.2) is 6.03 Å². The molecule has 0 aliphatic heterocycles. The number of carbonyl (C=O) groups is 1. The van der Waals surface area contributed by atoms with Gasteiger partial charge in [0.1, 0.15) is 11.5 Å². The van der Waals surface area contributed by atoms with Crippen LogP contribution in [0.1, 0.15) is 11.3 Å². The van der Waals surface area contributed by atoms with Crippen LogP contribution >= 0.6 is 11.3 Å². The van der Waals surface area contributed by atoms with Crippen molar-refractivity contribution in [3.8, 4) is 11.3 Å². The van der Waals surface area contributed by atoms with Gasteiger partial charge in [0.05, 0.1) is 6.54 Å². The lowest BCUT2D eigenvalue weighted by Crippen LogP contribution is -2.28. The summed E-state index contributed by atoms with van der Waals surface area (Å²) in [5.74, 6) is 1.54. The molecule has 0 spiro atoms. The monoisotopic (exact) mass is 312 g/mol. The molecule has 0 radical (unpaired) electrons. The van der Waals surface area contributed by atoms with Crippen molar-refractivity contribution in [2.75, 3.05) is 5.32 Å². The Hall–Kier alpha value is -2.53. The molecule has 3 rings (SSSR count). The number of carbonyl (C=O) groups excluding carboxylic acids is 1. The number of anilines is 1. The Bertz CT molecular complexity index is 763. The topological polar surface area (TPSA) is 54.3 Å². The van der Waals surface area contributed by atoms with Crippen molar-refractivity contribution in [2.45, 2.75) is 13.5 Å². The number of para-hydroxylation sites is 1. The van der Waals surface area contributed by atoms with Crippen LogP contribution in [0.4, 0.5) is 10.5 Å². The summed E-state index contributed by atoms with van der Waals surface area (Å²) in [5, 5.41) is 9.65. The lowest BCUT2D eigenvalue weighted by atomic mass is 10.2. The molecule has 0 bridgehead atoms. The van der Waals surface area contributed by atoms with E-state index in [0.717, 1.165) is 28.3 Å². The molecule has 0 fully saturated rings. The molecule has 112 valence electrons. The average Bonchev–Trinajstić information content (AvgIpc) is 3.18. The Balaban J connectivity index is 1.56. The van der Waals surface area contributed by atoms with E-state index in [4.69, 9.17) is 4.42 Å². The number of benzene rings is 1. The van der Waals surface area contributed by atoms with Crippen molar-refractivity contribution in [3.05, 3.63) is 64.5 Å². The molecular weight excluding hydrogens is 296 g/mol. The number of amides is 2. The van der Waals surface area contributed by atoms with Crippen LogP contribution in [0.3, 0.4) is 0 Å². The number of furan rings is 1. The van der Waals surface area contributed by atoms with Crippen molar-refractivity contribution >= 4 is 23.1 Å². The van der Waals surface area contributed by atoms with Gasteiger partial charge in [-0.15, -0.1) is 0 Å². The molecule has 0 aliphatic carbocycles. The second-order valence-corrected chi connectivity index (χ2v) is 5.68. The molecule has 0 saturated heterocycles. The number of thiophene rings is 1. The number of urea groups is 1. The molecule has 4 nitrogen and oxygen atoms in total. The first kappa shape index (κ1) is 14.4. The number of aryl methyl sites for hydroxylation is 1. The minimum atomic E-state index is -0.247. The van der Waals surface area contributed by atoms with E-state index in [2.05, 4.69) is 10.6 Å². The second-order valence-electron chi connectivity index (χ2n) is 4.90. The van der Waals surface area contributed by atoms with Crippen LogP contribution in [0.5, 0.6) is 0 Å². The van der Waals surface area contributed by atoms with Gasteiger partial charge in [-0.1, -0.05) is 18.2 Å². The fourth-order valence-electron chi connectivity index (χ4n) is 2.08. The minimum absolute atomic E-state index is 0.247. The predicted molar refractivity (Wildman–Crippen MR) is 89.1 cm³/mol. The Morgan fingerprint density at radius 3 is 2.82 bits per heavy atom. The minimum Gasteiger partial charge on any atom is -0.459 e.